The first-order valence-corrected chi connectivity index (χ1v) is 7.24. The van der Waals surface area contributed by atoms with Gasteiger partial charge in [-0.05, 0) is 31.4 Å². The average Bonchev–Trinajstić information content (AvgIpc) is 2.37. The van der Waals surface area contributed by atoms with Crippen LogP contribution in [0.15, 0.2) is 36.9 Å². The molecule has 0 radical (unpaired) electrons. The lowest BCUT2D eigenvalue weighted by Crippen LogP contribution is -2.62. The average molecular weight is 266 g/mol. The van der Waals surface area contributed by atoms with Gasteiger partial charge in [-0.2, -0.15) is 0 Å². The lowest BCUT2D eigenvalue weighted by Gasteiger charge is -2.63. The van der Waals surface area contributed by atoms with Crippen LogP contribution >= 0.6 is 0 Å². The molecule has 0 aromatic carbocycles. The van der Waals surface area contributed by atoms with Gasteiger partial charge in [-0.1, -0.05) is 12.5 Å². The molecule has 3 heterocycles. The monoisotopic (exact) mass is 266 g/mol. The second kappa shape index (κ2) is 4.27. The first-order chi connectivity index (χ1) is 9.78. The van der Waals surface area contributed by atoms with E-state index in [-0.39, 0.29) is 0 Å². The van der Waals surface area contributed by atoms with Crippen LogP contribution in [0, 0.1) is 12.3 Å². The van der Waals surface area contributed by atoms with Gasteiger partial charge >= 0.3 is 0 Å². The van der Waals surface area contributed by atoms with E-state index in [9.17, 15) is 0 Å². The van der Waals surface area contributed by atoms with E-state index in [1.54, 1.807) is 6.33 Å². The van der Waals surface area contributed by atoms with Gasteiger partial charge in [0.1, 0.15) is 12.1 Å². The third kappa shape index (κ3) is 1.64. The third-order valence-electron chi connectivity index (χ3n) is 4.81. The minimum absolute atomic E-state index is 0.430. The van der Waals surface area contributed by atoms with Gasteiger partial charge in [-0.3, -0.25) is 4.98 Å². The zero-order valence-corrected chi connectivity index (χ0v) is 11.7. The Hall–Kier alpha value is -1.97. The number of aryl methyl sites for hydroxylation is 1. The molecule has 1 saturated heterocycles. The molecule has 2 fully saturated rings. The summed E-state index contributed by atoms with van der Waals surface area (Å²) in [6.07, 6.45) is 9.52. The maximum absolute atomic E-state index is 4.46. The molecule has 1 atom stereocenters. The Kier molecular flexibility index (Phi) is 2.52. The smallest absolute Gasteiger partial charge is 0.132 e. The van der Waals surface area contributed by atoms with Crippen LogP contribution in [0.3, 0.4) is 0 Å². The molecule has 4 nitrogen and oxygen atoms in total. The topological polar surface area (TPSA) is 41.9 Å². The highest BCUT2D eigenvalue weighted by atomic mass is 15.3. The second-order valence-corrected chi connectivity index (χ2v) is 6.05. The molecule has 2 aromatic rings. The fraction of sp³-hybridized carbons (Fsp3) is 0.438. The minimum Gasteiger partial charge on any atom is -0.348 e. The molecule has 1 aliphatic heterocycles. The number of pyridine rings is 1. The summed E-state index contributed by atoms with van der Waals surface area (Å²) in [6.45, 7) is 3.13. The molecule has 0 unspecified atom stereocenters. The second-order valence-electron chi connectivity index (χ2n) is 6.05. The predicted octanol–water partition coefficient (Wildman–Crippen LogP) is 2.91. The van der Waals surface area contributed by atoms with Crippen molar-refractivity contribution < 1.29 is 0 Å². The predicted molar refractivity (Wildman–Crippen MR) is 77.4 cm³/mol. The number of aromatic nitrogens is 3. The summed E-state index contributed by atoms with van der Waals surface area (Å²) in [5, 5.41) is 0. The molecular weight excluding hydrogens is 248 g/mol. The highest BCUT2D eigenvalue weighted by Crippen LogP contribution is 2.61. The summed E-state index contributed by atoms with van der Waals surface area (Å²) >= 11 is 0. The molecule has 20 heavy (non-hydrogen) atoms. The molecule has 2 aliphatic rings. The summed E-state index contributed by atoms with van der Waals surface area (Å²) in [5.74, 6) is 1.05. The van der Waals surface area contributed by atoms with Crippen molar-refractivity contribution >= 4 is 5.82 Å². The molecule has 4 rings (SSSR count). The van der Waals surface area contributed by atoms with Crippen LogP contribution in [0.4, 0.5) is 5.82 Å². The Morgan fingerprint density at radius 1 is 1.30 bits per heavy atom. The molecule has 0 bridgehead atoms. The van der Waals surface area contributed by atoms with Gasteiger partial charge in [0.25, 0.3) is 0 Å². The van der Waals surface area contributed by atoms with Gasteiger partial charge in [0.2, 0.25) is 0 Å². The molecule has 2 aromatic heterocycles. The molecule has 1 saturated carbocycles. The molecule has 1 spiro atoms. The normalized spacial score (nSPS) is 23.2. The number of hydrogen-bond acceptors (Lipinski definition) is 4. The van der Waals surface area contributed by atoms with E-state index in [0.29, 0.717) is 11.5 Å². The summed E-state index contributed by atoms with van der Waals surface area (Å²) in [7, 11) is 0. The van der Waals surface area contributed by atoms with Gasteiger partial charge < -0.3 is 4.90 Å². The Balaban J connectivity index is 1.71. The first kappa shape index (κ1) is 11.8. The highest BCUT2D eigenvalue weighted by Gasteiger charge is 2.56. The molecule has 4 heteroatoms. The van der Waals surface area contributed by atoms with Crippen molar-refractivity contribution in [2.24, 2.45) is 5.41 Å². The first-order valence-electron chi connectivity index (χ1n) is 7.24. The summed E-state index contributed by atoms with van der Waals surface area (Å²) in [6, 6.07) is 6.73. The van der Waals surface area contributed by atoms with Crippen LogP contribution in [-0.2, 0) is 0 Å². The van der Waals surface area contributed by atoms with Crippen LogP contribution in [-0.4, -0.2) is 21.5 Å². The van der Waals surface area contributed by atoms with E-state index < -0.39 is 0 Å². The number of rotatable bonds is 2. The third-order valence-corrected chi connectivity index (χ3v) is 4.81. The fourth-order valence-electron chi connectivity index (χ4n) is 3.68. The standard InChI is InChI=1S/C16H18N4/c1-12-8-14(19-11-18-12)20-10-16(5-3-6-16)15(20)13-4-2-7-17-9-13/h2,4,7-9,11,15H,3,5-6,10H2,1H3/t15-/m1/s1. The van der Waals surface area contributed by atoms with E-state index in [1.807, 2.05) is 25.4 Å². The zero-order valence-electron chi connectivity index (χ0n) is 11.7. The number of anilines is 1. The van der Waals surface area contributed by atoms with E-state index in [4.69, 9.17) is 0 Å². The van der Waals surface area contributed by atoms with E-state index in [2.05, 4.69) is 32.0 Å². The van der Waals surface area contributed by atoms with Gasteiger partial charge in [0.15, 0.2) is 0 Å². The van der Waals surface area contributed by atoms with Gasteiger partial charge in [0, 0.05) is 36.1 Å². The maximum Gasteiger partial charge on any atom is 0.132 e. The van der Waals surface area contributed by atoms with Crippen molar-refractivity contribution in [2.75, 3.05) is 11.4 Å². The van der Waals surface area contributed by atoms with Crippen LogP contribution < -0.4 is 4.90 Å². The van der Waals surface area contributed by atoms with Crippen molar-refractivity contribution in [2.45, 2.75) is 32.2 Å². The SMILES string of the molecule is Cc1cc(N2CC3(CCC3)[C@H]2c2cccnc2)ncn1. The summed E-state index contributed by atoms with van der Waals surface area (Å²) in [5.41, 5.74) is 2.80. The van der Waals surface area contributed by atoms with Crippen molar-refractivity contribution in [3.05, 3.63) is 48.2 Å². The Labute approximate surface area is 118 Å². The molecule has 0 amide bonds. The van der Waals surface area contributed by atoms with Crippen molar-refractivity contribution in [3.63, 3.8) is 0 Å². The van der Waals surface area contributed by atoms with E-state index in [0.717, 1.165) is 18.1 Å². The molecule has 1 aliphatic carbocycles. The molecule has 102 valence electrons. The Morgan fingerprint density at radius 2 is 2.20 bits per heavy atom. The summed E-state index contributed by atoms with van der Waals surface area (Å²) < 4.78 is 0. The lowest BCUT2D eigenvalue weighted by atomic mass is 9.56. The Morgan fingerprint density at radius 3 is 2.85 bits per heavy atom. The molecular formula is C16H18N4. The minimum atomic E-state index is 0.430. The van der Waals surface area contributed by atoms with Gasteiger partial charge in [-0.15, -0.1) is 0 Å². The van der Waals surface area contributed by atoms with Crippen LogP contribution in [0.1, 0.15) is 36.6 Å². The summed E-state index contributed by atoms with van der Waals surface area (Å²) in [4.78, 5) is 15.4. The largest absolute Gasteiger partial charge is 0.348 e. The van der Waals surface area contributed by atoms with Crippen LogP contribution in [0.2, 0.25) is 0 Å². The van der Waals surface area contributed by atoms with Crippen LogP contribution in [0.25, 0.3) is 0 Å². The fourth-order valence-corrected chi connectivity index (χ4v) is 3.68. The van der Waals surface area contributed by atoms with E-state index in [1.165, 1.54) is 24.8 Å². The lowest BCUT2D eigenvalue weighted by molar-refractivity contribution is 0.0275. The van der Waals surface area contributed by atoms with Crippen molar-refractivity contribution in [1.82, 2.24) is 15.0 Å². The van der Waals surface area contributed by atoms with E-state index >= 15 is 0 Å². The number of hydrogen-bond donors (Lipinski definition) is 0. The maximum atomic E-state index is 4.46. The molecule has 0 N–H and O–H groups in total. The highest BCUT2D eigenvalue weighted by molar-refractivity contribution is 5.49. The zero-order chi connectivity index (χ0) is 13.6. The van der Waals surface area contributed by atoms with Gasteiger partial charge in [0.05, 0.1) is 6.04 Å². The Bertz CT molecular complexity index is 621. The van der Waals surface area contributed by atoms with Gasteiger partial charge in [-0.25, -0.2) is 9.97 Å². The van der Waals surface area contributed by atoms with Crippen molar-refractivity contribution in [3.8, 4) is 0 Å². The number of nitrogens with zero attached hydrogens (tertiary/aromatic N) is 4. The van der Waals surface area contributed by atoms with Crippen LogP contribution in [0.5, 0.6) is 0 Å². The quantitative estimate of drug-likeness (QED) is 0.838. The van der Waals surface area contributed by atoms with Crippen molar-refractivity contribution in [1.29, 1.82) is 0 Å².